The number of methoxy groups -OCH3 is 1. The smallest absolute Gasteiger partial charge is 0.410 e. The molecule has 0 spiro atoms. The van der Waals surface area contributed by atoms with Crippen LogP contribution in [0.4, 0.5) is 20.7 Å². The van der Waals surface area contributed by atoms with E-state index in [2.05, 4.69) is 14.7 Å². The normalized spacial score (nSPS) is 26.1. The lowest BCUT2D eigenvalue weighted by Crippen LogP contribution is -2.57. The van der Waals surface area contributed by atoms with Crippen molar-refractivity contribution < 1.29 is 28.1 Å². The van der Waals surface area contributed by atoms with Crippen LogP contribution >= 0.6 is 11.6 Å². The molecule has 8 rings (SSSR count). The average Bonchev–Trinajstić information content (AvgIpc) is 3.71. The van der Waals surface area contributed by atoms with Gasteiger partial charge in [0.05, 0.1) is 40.6 Å². The highest BCUT2D eigenvalue weighted by Gasteiger charge is 2.50. The summed E-state index contributed by atoms with van der Waals surface area (Å²) in [4.78, 5) is 32.3. The van der Waals surface area contributed by atoms with Gasteiger partial charge in [-0.3, -0.25) is 9.80 Å². The standard InChI is InChI=1S/C38H48ClFN6O5/c1-37(2,3)51-36(47)46-26-9-10-27(46)20-44(19-26)34-29-11-14-43(32-16-28(50-23-48-4)15-24-7-5-8-30(39)33(24)32)21-31(29)41-35(42-34)49-22-38-12-6-13-45(38)18-25(40)17-38/h5,7-8,15-16,25-27H,6,9-14,17-23H2,1-4H3/t25?,26-,27+,38?. The number of hydrogen-bond donors (Lipinski definition) is 0. The highest BCUT2D eigenvalue weighted by molar-refractivity contribution is 6.36. The fourth-order valence-electron chi connectivity index (χ4n) is 9.05. The Bertz CT molecular complexity index is 1790. The van der Waals surface area contributed by atoms with E-state index >= 15 is 0 Å². The Kier molecular flexibility index (Phi) is 9.07. The SMILES string of the molecule is COCOc1cc(N2CCc3c(nc(OCC45CCCN4CC(F)C5)nc3N3C[C@H]4CC[C@@H](C3)N4C(=O)OC(C)(C)C)C2)c2c(Cl)cccc2c1. The van der Waals surface area contributed by atoms with E-state index in [1.54, 1.807) is 7.11 Å². The molecule has 0 aliphatic carbocycles. The van der Waals surface area contributed by atoms with Crippen molar-refractivity contribution >= 4 is 40.0 Å². The number of alkyl halides is 1. The van der Waals surface area contributed by atoms with Gasteiger partial charge in [0.25, 0.3) is 0 Å². The van der Waals surface area contributed by atoms with Crippen molar-refractivity contribution in [3.63, 3.8) is 0 Å². The molecule has 4 atom stereocenters. The predicted molar refractivity (Wildman–Crippen MR) is 194 cm³/mol. The minimum Gasteiger partial charge on any atom is -0.467 e. The number of rotatable bonds is 8. The van der Waals surface area contributed by atoms with Crippen molar-refractivity contribution in [2.75, 3.05) is 63.0 Å². The second kappa shape index (κ2) is 13.4. The molecule has 2 aromatic carbocycles. The van der Waals surface area contributed by atoms with Crippen LogP contribution in [-0.2, 0) is 22.4 Å². The second-order valence-corrected chi connectivity index (χ2v) is 16.2. The molecule has 2 unspecified atom stereocenters. The Morgan fingerprint density at radius 2 is 1.86 bits per heavy atom. The number of amides is 1. The predicted octanol–water partition coefficient (Wildman–Crippen LogP) is 6.37. The average molecular weight is 723 g/mol. The summed E-state index contributed by atoms with van der Waals surface area (Å²) < 4.78 is 38.1. The lowest BCUT2D eigenvalue weighted by molar-refractivity contribution is 0.0122. The number of nitrogens with zero attached hydrogens (tertiary/aromatic N) is 6. The molecule has 1 aromatic heterocycles. The molecule has 6 heterocycles. The van der Waals surface area contributed by atoms with Gasteiger partial charge in [-0.2, -0.15) is 9.97 Å². The molecule has 0 saturated carbocycles. The van der Waals surface area contributed by atoms with E-state index in [0.29, 0.717) is 62.4 Å². The van der Waals surface area contributed by atoms with E-state index in [4.69, 9.17) is 40.5 Å². The van der Waals surface area contributed by atoms with Crippen molar-refractivity contribution in [3.8, 4) is 11.8 Å². The number of piperazine rings is 1. The summed E-state index contributed by atoms with van der Waals surface area (Å²) in [6.45, 7) is 10.1. The van der Waals surface area contributed by atoms with Crippen LogP contribution in [0, 0.1) is 0 Å². The molecule has 3 aromatic rings. The van der Waals surface area contributed by atoms with E-state index < -0.39 is 11.8 Å². The molecule has 5 aliphatic heterocycles. The number of benzene rings is 2. The second-order valence-electron chi connectivity index (χ2n) is 15.8. The molecule has 0 radical (unpaired) electrons. The number of carbonyl (C=O) groups is 1. The van der Waals surface area contributed by atoms with Crippen molar-refractivity contribution in [1.29, 1.82) is 0 Å². The molecule has 274 valence electrons. The van der Waals surface area contributed by atoms with Gasteiger partial charge in [0.1, 0.15) is 29.9 Å². The number of fused-ring (bicyclic) bond motifs is 5. The molecule has 51 heavy (non-hydrogen) atoms. The van der Waals surface area contributed by atoms with Gasteiger partial charge in [-0.05, 0) is 76.9 Å². The van der Waals surface area contributed by atoms with Crippen molar-refractivity contribution in [2.24, 2.45) is 0 Å². The Labute approximate surface area is 303 Å². The molecule has 4 saturated heterocycles. The molecular formula is C38H48ClFN6O5. The Morgan fingerprint density at radius 3 is 2.63 bits per heavy atom. The number of anilines is 2. The molecule has 5 aliphatic rings. The number of aromatic nitrogens is 2. The fourth-order valence-corrected chi connectivity index (χ4v) is 9.33. The summed E-state index contributed by atoms with van der Waals surface area (Å²) in [5.41, 5.74) is 2.07. The summed E-state index contributed by atoms with van der Waals surface area (Å²) in [5, 5.41) is 2.60. The summed E-state index contributed by atoms with van der Waals surface area (Å²) in [6.07, 6.45) is 3.88. The van der Waals surface area contributed by atoms with Crippen LogP contribution in [0.3, 0.4) is 0 Å². The number of halogens is 2. The summed E-state index contributed by atoms with van der Waals surface area (Å²) in [6, 6.07) is 10.3. The highest BCUT2D eigenvalue weighted by Crippen LogP contribution is 2.43. The van der Waals surface area contributed by atoms with E-state index in [0.717, 1.165) is 72.3 Å². The van der Waals surface area contributed by atoms with Gasteiger partial charge >= 0.3 is 12.1 Å². The maximum absolute atomic E-state index is 14.6. The van der Waals surface area contributed by atoms with Gasteiger partial charge in [0.15, 0.2) is 6.79 Å². The van der Waals surface area contributed by atoms with E-state index in [-0.39, 0.29) is 30.5 Å². The molecule has 4 fully saturated rings. The van der Waals surface area contributed by atoms with Gasteiger partial charge in [0.2, 0.25) is 0 Å². The van der Waals surface area contributed by atoms with Crippen molar-refractivity contribution in [3.05, 3.63) is 46.6 Å². The minimum atomic E-state index is -0.843. The summed E-state index contributed by atoms with van der Waals surface area (Å²) in [5.74, 6) is 1.56. The highest BCUT2D eigenvalue weighted by atomic mass is 35.5. The zero-order chi connectivity index (χ0) is 35.5. The molecular weight excluding hydrogens is 675 g/mol. The molecule has 1 amide bonds. The fraction of sp³-hybridized carbons (Fsp3) is 0.605. The Morgan fingerprint density at radius 1 is 1.06 bits per heavy atom. The lowest BCUT2D eigenvalue weighted by Gasteiger charge is -2.43. The molecule has 11 nitrogen and oxygen atoms in total. The zero-order valence-electron chi connectivity index (χ0n) is 30.0. The summed E-state index contributed by atoms with van der Waals surface area (Å²) >= 11 is 6.84. The van der Waals surface area contributed by atoms with Crippen LogP contribution in [0.2, 0.25) is 5.02 Å². The largest absolute Gasteiger partial charge is 0.467 e. The molecule has 13 heteroatoms. The van der Waals surface area contributed by atoms with Crippen LogP contribution < -0.4 is 19.3 Å². The first-order chi connectivity index (χ1) is 24.5. The monoisotopic (exact) mass is 722 g/mol. The molecule has 2 bridgehead atoms. The first-order valence-electron chi connectivity index (χ1n) is 18.3. The Hall–Kier alpha value is -3.61. The third kappa shape index (κ3) is 6.63. The lowest BCUT2D eigenvalue weighted by atomic mass is 9.95. The van der Waals surface area contributed by atoms with Gasteiger partial charge < -0.3 is 28.7 Å². The van der Waals surface area contributed by atoms with Crippen LogP contribution in [0.25, 0.3) is 10.8 Å². The number of carbonyl (C=O) groups excluding carboxylic acids is 1. The number of hydrogen-bond acceptors (Lipinski definition) is 10. The van der Waals surface area contributed by atoms with E-state index in [9.17, 15) is 9.18 Å². The maximum Gasteiger partial charge on any atom is 0.410 e. The minimum absolute atomic E-state index is 0.0305. The topological polar surface area (TPSA) is 92.7 Å². The number of ether oxygens (including phenoxy) is 4. The summed E-state index contributed by atoms with van der Waals surface area (Å²) in [7, 11) is 1.60. The van der Waals surface area contributed by atoms with E-state index in [1.165, 1.54) is 0 Å². The Balaban J connectivity index is 1.13. The first-order valence-corrected chi connectivity index (χ1v) is 18.6. The van der Waals surface area contributed by atoms with Crippen molar-refractivity contribution in [1.82, 2.24) is 19.8 Å². The van der Waals surface area contributed by atoms with Gasteiger partial charge in [-0.25, -0.2) is 9.18 Å². The first kappa shape index (κ1) is 34.5. The third-order valence-corrected chi connectivity index (χ3v) is 11.5. The van der Waals surface area contributed by atoms with Gasteiger partial charge in [-0.15, -0.1) is 0 Å². The maximum atomic E-state index is 14.6. The van der Waals surface area contributed by atoms with Crippen LogP contribution in [0.1, 0.15) is 64.1 Å². The van der Waals surface area contributed by atoms with Crippen LogP contribution in [0.5, 0.6) is 11.8 Å². The van der Waals surface area contributed by atoms with Crippen LogP contribution in [-0.4, -0.2) is 108 Å². The van der Waals surface area contributed by atoms with Gasteiger partial charge in [-0.1, -0.05) is 23.7 Å². The third-order valence-electron chi connectivity index (χ3n) is 11.2. The van der Waals surface area contributed by atoms with E-state index in [1.807, 2.05) is 56.0 Å². The zero-order valence-corrected chi connectivity index (χ0v) is 30.8. The quantitative estimate of drug-likeness (QED) is 0.244. The van der Waals surface area contributed by atoms with Crippen LogP contribution in [0.15, 0.2) is 30.3 Å². The van der Waals surface area contributed by atoms with Crippen molar-refractivity contribution in [2.45, 2.75) is 95.2 Å². The van der Waals surface area contributed by atoms with Gasteiger partial charge in [0, 0.05) is 56.7 Å². The molecule has 0 N–H and O–H groups in total.